The maximum absolute atomic E-state index is 5.73. The van der Waals surface area contributed by atoms with Gasteiger partial charge in [-0.2, -0.15) is 11.8 Å². The van der Waals surface area contributed by atoms with Crippen LogP contribution in [-0.2, 0) is 0 Å². The number of rotatable bonds is 5. The summed E-state index contributed by atoms with van der Waals surface area (Å²) < 4.78 is 1.06. The molecule has 0 heterocycles. The van der Waals surface area contributed by atoms with Crippen molar-refractivity contribution >= 4 is 39.1 Å². The molecule has 0 spiro atoms. The molecule has 0 fully saturated rings. The molecule has 1 atom stereocenters. The number of halogens is 1. The maximum Gasteiger partial charge on any atom is 0.0511 e. The minimum atomic E-state index is 0.535. The molecule has 2 N–H and O–H groups in total. The fourth-order valence-electron chi connectivity index (χ4n) is 1.53. The predicted octanol–water partition coefficient (Wildman–Crippen LogP) is 3.61. The minimum Gasteiger partial charge on any atom is -0.399 e. The highest BCUT2D eigenvalue weighted by molar-refractivity contribution is 9.10. The quantitative estimate of drug-likeness (QED) is 0.843. The van der Waals surface area contributed by atoms with Crippen molar-refractivity contribution in [3.05, 3.63) is 22.7 Å². The summed E-state index contributed by atoms with van der Waals surface area (Å²) in [5.74, 6) is 1.19. The number of anilines is 2. The van der Waals surface area contributed by atoms with E-state index < -0.39 is 0 Å². The molecule has 0 bridgehead atoms. The largest absolute Gasteiger partial charge is 0.399 e. The monoisotopic (exact) mass is 302 g/mol. The topological polar surface area (TPSA) is 29.3 Å². The molecule has 1 rings (SSSR count). The molecule has 1 aromatic rings. The van der Waals surface area contributed by atoms with Crippen LogP contribution in [0.2, 0.25) is 0 Å². The van der Waals surface area contributed by atoms with Crippen LogP contribution in [0, 0.1) is 0 Å². The van der Waals surface area contributed by atoms with E-state index in [0.29, 0.717) is 6.04 Å². The van der Waals surface area contributed by atoms with Crippen molar-refractivity contribution in [2.75, 3.05) is 29.7 Å². The summed E-state index contributed by atoms with van der Waals surface area (Å²) in [6.07, 6.45) is 3.33. The second kappa shape index (κ2) is 6.40. The lowest BCUT2D eigenvalue weighted by Crippen LogP contribution is -2.29. The third-order valence-corrected chi connectivity index (χ3v) is 4.03. The van der Waals surface area contributed by atoms with Crippen molar-refractivity contribution < 1.29 is 0 Å². The average Bonchev–Trinajstić information content (AvgIpc) is 2.25. The molecule has 0 saturated heterocycles. The maximum atomic E-state index is 5.73. The SMILES string of the molecule is CSCCC(C)N(C)c1ccc(N)cc1Br. The molecule has 1 unspecified atom stereocenters. The molecular formula is C12H19BrN2S. The zero-order chi connectivity index (χ0) is 12.1. The molecule has 0 amide bonds. The fraction of sp³-hybridized carbons (Fsp3) is 0.500. The molecule has 0 radical (unpaired) electrons. The third-order valence-electron chi connectivity index (χ3n) is 2.75. The van der Waals surface area contributed by atoms with Gasteiger partial charge in [0.05, 0.1) is 5.69 Å². The molecule has 1 aromatic carbocycles. The number of nitrogen functional groups attached to an aromatic ring is 1. The molecule has 0 aliphatic carbocycles. The molecule has 0 aliphatic heterocycles. The van der Waals surface area contributed by atoms with Gasteiger partial charge in [0, 0.05) is 23.2 Å². The van der Waals surface area contributed by atoms with Crippen molar-refractivity contribution in [3.8, 4) is 0 Å². The van der Waals surface area contributed by atoms with Gasteiger partial charge in [0.1, 0.15) is 0 Å². The van der Waals surface area contributed by atoms with Gasteiger partial charge >= 0.3 is 0 Å². The summed E-state index contributed by atoms with van der Waals surface area (Å²) in [5.41, 5.74) is 7.72. The van der Waals surface area contributed by atoms with Gasteiger partial charge in [-0.05, 0) is 59.5 Å². The van der Waals surface area contributed by atoms with Crippen LogP contribution in [-0.4, -0.2) is 25.1 Å². The van der Waals surface area contributed by atoms with Crippen molar-refractivity contribution in [2.24, 2.45) is 0 Å². The van der Waals surface area contributed by atoms with Gasteiger partial charge < -0.3 is 10.6 Å². The third kappa shape index (κ3) is 3.59. The number of hydrogen-bond acceptors (Lipinski definition) is 3. The lowest BCUT2D eigenvalue weighted by atomic mass is 10.2. The van der Waals surface area contributed by atoms with E-state index in [1.165, 1.54) is 17.9 Å². The van der Waals surface area contributed by atoms with Crippen LogP contribution in [0.5, 0.6) is 0 Å². The van der Waals surface area contributed by atoms with E-state index in [0.717, 1.165) is 10.2 Å². The summed E-state index contributed by atoms with van der Waals surface area (Å²) in [6, 6.07) is 6.49. The van der Waals surface area contributed by atoms with Crippen molar-refractivity contribution in [3.63, 3.8) is 0 Å². The Morgan fingerprint density at radius 3 is 2.75 bits per heavy atom. The van der Waals surface area contributed by atoms with Gasteiger partial charge in [-0.25, -0.2) is 0 Å². The number of benzene rings is 1. The lowest BCUT2D eigenvalue weighted by Gasteiger charge is -2.28. The summed E-state index contributed by atoms with van der Waals surface area (Å²) in [4.78, 5) is 2.29. The van der Waals surface area contributed by atoms with E-state index in [-0.39, 0.29) is 0 Å². The number of hydrogen-bond donors (Lipinski definition) is 1. The Kier molecular flexibility index (Phi) is 5.49. The smallest absolute Gasteiger partial charge is 0.0511 e. The van der Waals surface area contributed by atoms with E-state index in [1.807, 2.05) is 23.9 Å². The number of nitrogens with two attached hydrogens (primary N) is 1. The van der Waals surface area contributed by atoms with Crippen LogP contribution in [0.3, 0.4) is 0 Å². The summed E-state index contributed by atoms with van der Waals surface area (Å²) >= 11 is 5.45. The van der Waals surface area contributed by atoms with E-state index in [9.17, 15) is 0 Å². The van der Waals surface area contributed by atoms with E-state index in [4.69, 9.17) is 5.73 Å². The average molecular weight is 303 g/mol. The first kappa shape index (κ1) is 13.7. The van der Waals surface area contributed by atoms with Crippen LogP contribution >= 0.6 is 27.7 Å². The molecule has 0 aromatic heterocycles. The Bertz CT molecular complexity index is 344. The summed E-state index contributed by atoms with van der Waals surface area (Å²) in [5, 5.41) is 0. The number of thioether (sulfide) groups is 1. The second-order valence-corrected chi connectivity index (χ2v) is 5.79. The van der Waals surface area contributed by atoms with Gasteiger partial charge in [-0.1, -0.05) is 0 Å². The minimum absolute atomic E-state index is 0.535. The highest BCUT2D eigenvalue weighted by atomic mass is 79.9. The highest BCUT2D eigenvalue weighted by Crippen LogP contribution is 2.29. The molecule has 90 valence electrons. The molecule has 4 heteroatoms. The van der Waals surface area contributed by atoms with Crippen molar-refractivity contribution in [2.45, 2.75) is 19.4 Å². The van der Waals surface area contributed by atoms with Crippen molar-refractivity contribution in [1.82, 2.24) is 0 Å². The first-order valence-electron chi connectivity index (χ1n) is 5.33. The Morgan fingerprint density at radius 2 is 2.19 bits per heavy atom. The lowest BCUT2D eigenvalue weighted by molar-refractivity contribution is 0.668. The second-order valence-electron chi connectivity index (χ2n) is 3.95. The molecular weight excluding hydrogens is 284 g/mol. The van der Waals surface area contributed by atoms with Gasteiger partial charge in [0.25, 0.3) is 0 Å². The zero-order valence-corrected chi connectivity index (χ0v) is 12.4. The Balaban J connectivity index is 2.75. The van der Waals surface area contributed by atoms with Gasteiger partial charge in [-0.3, -0.25) is 0 Å². The van der Waals surface area contributed by atoms with Gasteiger partial charge in [0.2, 0.25) is 0 Å². The first-order valence-corrected chi connectivity index (χ1v) is 7.51. The van der Waals surface area contributed by atoms with E-state index in [2.05, 4.69) is 47.1 Å². The summed E-state index contributed by atoms with van der Waals surface area (Å²) in [6.45, 7) is 2.25. The van der Waals surface area contributed by atoms with Crippen LogP contribution in [0.25, 0.3) is 0 Å². The van der Waals surface area contributed by atoms with E-state index >= 15 is 0 Å². The van der Waals surface area contributed by atoms with Crippen LogP contribution < -0.4 is 10.6 Å². The molecule has 0 aliphatic rings. The van der Waals surface area contributed by atoms with Crippen LogP contribution in [0.4, 0.5) is 11.4 Å². The fourth-order valence-corrected chi connectivity index (χ4v) is 2.78. The summed E-state index contributed by atoms with van der Waals surface area (Å²) in [7, 11) is 2.13. The van der Waals surface area contributed by atoms with Gasteiger partial charge in [0.15, 0.2) is 0 Å². The van der Waals surface area contributed by atoms with Crippen molar-refractivity contribution in [1.29, 1.82) is 0 Å². The molecule has 16 heavy (non-hydrogen) atoms. The Hall–Kier alpha value is -0.350. The predicted molar refractivity (Wildman–Crippen MR) is 79.4 cm³/mol. The van der Waals surface area contributed by atoms with E-state index in [1.54, 1.807) is 0 Å². The van der Waals surface area contributed by atoms with Crippen LogP contribution in [0.15, 0.2) is 22.7 Å². The first-order chi connectivity index (χ1) is 7.56. The standard InChI is InChI=1S/C12H19BrN2S/c1-9(6-7-16-3)15(2)12-5-4-10(14)8-11(12)13/h4-5,8-9H,6-7,14H2,1-3H3. The highest BCUT2D eigenvalue weighted by Gasteiger charge is 2.12. The molecule has 0 saturated carbocycles. The van der Waals surface area contributed by atoms with Gasteiger partial charge in [-0.15, -0.1) is 0 Å². The normalized spacial score (nSPS) is 12.5. The Labute approximate surface area is 111 Å². The zero-order valence-electron chi connectivity index (χ0n) is 10.0. The molecule has 2 nitrogen and oxygen atoms in total. The number of nitrogens with zero attached hydrogens (tertiary/aromatic N) is 1. The Morgan fingerprint density at radius 1 is 1.50 bits per heavy atom. The van der Waals surface area contributed by atoms with Crippen LogP contribution in [0.1, 0.15) is 13.3 Å².